The van der Waals surface area contributed by atoms with Crippen molar-refractivity contribution in [1.29, 1.82) is 0 Å². The molecule has 90 valence electrons. The Morgan fingerprint density at radius 2 is 1.67 bits per heavy atom. The summed E-state index contributed by atoms with van der Waals surface area (Å²) in [4.78, 5) is 13.1. The number of carbonyl (C=O) groups excluding carboxylic acids is 1. The van der Waals surface area contributed by atoms with Crippen LogP contribution < -0.4 is 0 Å². The third-order valence-electron chi connectivity index (χ3n) is 2.47. The van der Waals surface area contributed by atoms with Crippen LogP contribution in [0.5, 0.6) is 0 Å². The number of esters is 1. The molecule has 0 amide bonds. The number of nitrogens with zero attached hydrogens (tertiary/aromatic N) is 1. The first-order valence-electron chi connectivity index (χ1n) is 4.87. The molecule has 0 aromatic heterocycles. The molecule has 0 atom stereocenters. The Hall–Kier alpha value is -0.690. The molecule has 0 fully saturated rings. The van der Waals surface area contributed by atoms with Crippen molar-refractivity contribution in [3.8, 4) is 0 Å². The van der Waals surface area contributed by atoms with Crippen LogP contribution >= 0.6 is 0 Å². The van der Waals surface area contributed by atoms with Crippen molar-refractivity contribution in [3.63, 3.8) is 0 Å². The Morgan fingerprint density at radius 3 is 1.93 bits per heavy atom. The van der Waals surface area contributed by atoms with E-state index in [1.54, 1.807) is 18.7 Å². The van der Waals surface area contributed by atoms with Crippen LogP contribution in [-0.4, -0.2) is 64.8 Å². The topological polar surface area (TPSA) is 90.2 Å². The number of aliphatic hydroxyl groups excluding tert-OH is 3. The second kappa shape index (κ2) is 6.73. The number of ether oxygens (including phenoxy) is 1. The standard InChI is InChI=1S/C9H19NO5/c1-3-10(4-2)9(5-11,6-12)8(14)15-7-13/h11-13H,3-7H2,1-2H3. The summed E-state index contributed by atoms with van der Waals surface area (Å²) in [5, 5.41) is 26.9. The lowest BCUT2D eigenvalue weighted by atomic mass is 9.99. The van der Waals surface area contributed by atoms with Crippen molar-refractivity contribution in [2.24, 2.45) is 0 Å². The van der Waals surface area contributed by atoms with E-state index < -0.39 is 31.5 Å². The molecule has 0 bridgehead atoms. The highest BCUT2D eigenvalue weighted by Gasteiger charge is 2.43. The van der Waals surface area contributed by atoms with Crippen LogP contribution in [0.25, 0.3) is 0 Å². The number of rotatable bonds is 7. The zero-order valence-electron chi connectivity index (χ0n) is 9.14. The first kappa shape index (κ1) is 14.3. The van der Waals surface area contributed by atoms with E-state index in [-0.39, 0.29) is 0 Å². The number of likely N-dealkylation sites (N-methyl/N-ethyl adjacent to an activating group) is 1. The zero-order valence-corrected chi connectivity index (χ0v) is 9.14. The van der Waals surface area contributed by atoms with Gasteiger partial charge in [0.25, 0.3) is 0 Å². The van der Waals surface area contributed by atoms with Gasteiger partial charge >= 0.3 is 5.97 Å². The Kier molecular flexibility index (Phi) is 6.42. The molecular formula is C9H19NO5. The Labute approximate surface area is 89.1 Å². The van der Waals surface area contributed by atoms with E-state index in [1.165, 1.54) is 0 Å². The minimum absolute atomic E-state index is 0.484. The van der Waals surface area contributed by atoms with Gasteiger partial charge < -0.3 is 20.1 Å². The minimum Gasteiger partial charge on any atom is -0.437 e. The van der Waals surface area contributed by atoms with E-state index in [9.17, 15) is 15.0 Å². The van der Waals surface area contributed by atoms with E-state index in [0.29, 0.717) is 13.1 Å². The molecule has 0 heterocycles. The largest absolute Gasteiger partial charge is 0.437 e. The fourth-order valence-corrected chi connectivity index (χ4v) is 1.53. The Morgan fingerprint density at radius 1 is 1.20 bits per heavy atom. The van der Waals surface area contributed by atoms with Crippen LogP contribution in [0.2, 0.25) is 0 Å². The molecular weight excluding hydrogens is 202 g/mol. The van der Waals surface area contributed by atoms with Gasteiger partial charge in [-0.25, -0.2) is 4.79 Å². The van der Waals surface area contributed by atoms with Gasteiger partial charge in [0.2, 0.25) is 0 Å². The second-order valence-corrected chi connectivity index (χ2v) is 3.08. The Bertz CT molecular complexity index is 189. The maximum Gasteiger partial charge on any atom is 0.333 e. The summed E-state index contributed by atoms with van der Waals surface area (Å²) < 4.78 is 4.43. The van der Waals surface area contributed by atoms with E-state index >= 15 is 0 Å². The lowest BCUT2D eigenvalue weighted by Gasteiger charge is -2.37. The van der Waals surface area contributed by atoms with Crippen molar-refractivity contribution in [2.75, 3.05) is 33.1 Å². The summed E-state index contributed by atoms with van der Waals surface area (Å²) in [6.45, 7) is 2.71. The number of hydrogen-bond acceptors (Lipinski definition) is 6. The molecule has 0 aliphatic carbocycles. The van der Waals surface area contributed by atoms with Crippen molar-refractivity contribution < 1.29 is 24.9 Å². The smallest absolute Gasteiger partial charge is 0.333 e. The number of carbonyl (C=O) groups is 1. The summed E-state index contributed by atoms with van der Waals surface area (Å²) in [5.74, 6) is -0.821. The van der Waals surface area contributed by atoms with Gasteiger partial charge in [-0.2, -0.15) is 0 Å². The minimum atomic E-state index is -1.47. The molecule has 15 heavy (non-hydrogen) atoms. The number of aliphatic hydroxyl groups is 3. The first-order valence-corrected chi connectivity index (χ1v) is 4.87. The van der Waals surface area contributed by atoms with Gasteiger partial charge in [0.15, 0.2) is 12.3 Å². The summed E-state index contributed by atoms with van der Waals surface area (Å²) >= 11 is 0. The molecule has 6 heteroatoms. The number of hydrogen-bond donors (Lipinski definition) is 3. The fourth-order valence-electron chi connectivity index (χ4n) is 1.53. The molecule has 6 nitrogen and oxygen atoms in total. The quantitative estimate of drug-likeness (QED) is 0.360. The molecule has 3 N–H and O–H groups in total. The molecule has 0 aliphatic heterocycles. The zero-order chi connectivity index (χ0) is 11.9. The summed E-state index contributed by atoms with van der Waals surface area (Å²) in [6.07, 6.45) is 0. The summed E-state index contributed by atoms with van der Waals surface area (Å²) in [6, 6.07) is 0. The predicted octanol–water partition coefficient (Wildman–Crippen LogP) is -1.46. The van der Waals surface area contributed by atoms with Gasteiger partial charge in [-0.15, -0.1) is 0 Å². The molecule has 0 unspecified atom stereocenters. The SMILES string of the molecule is CCN(CC)C(CO)(CO)C(=O)OCO. The Balaban J connectivity index is 4.92. The monoisotopic (exact) mass is 221 g/mol. The summed E-state index contributed by atoms with van der Waals surface area (Å²) in [7, 11) is 0. The highest BCUT2D eigenvalue weighted by atomic mass is 16.6. The maximum atomic E-state index is 11.5. The van der Waals surface area contributed by atoms with Gasteiger partial charge in [0.1, 0.15) is 0 Å². The van der Waals surface area contributed by atoms with Crippen LogP contribution in [-0.2, 0) is 9.53 Å². The van der Waals surface area contributed by atoms with Crippen LogP contribution in [0.1, 0.15) is 13.8 Å². The van der Waals surface area contributed by atoms with E-state index in [1.807, 2.05) is 0 Å². The average Bonchev–Trinajstić information content (AvgIpc) is 2.26. The van der Waals surface area contributed by atoms with Gasteiger partial charge in [-0.05, 0) is 13.1 Å². The van der Waals surface area contributed by atoms with E-state index in [0.717, 1.165) is 0 Å². The molecule has 0 spiro atoms. The highest BCUT2D eigenvalue weighted by Crippen LogP contribution is 2.16. The van der Waals surface area contributed by atoms with Crippen LogP contribution in [0.4, 0.5) is 0 Å². The molecule has 0 saturated carbocycles. The van der Waals surface area contributed by atoms with E-state index in [4.69, 9.17) is 5.11 Å². The first-order chi connectivity index (χ1) is 7.12. The van der Waals surface area contributed by atoms with Gasteiger partial charge in [0.05, 0.1) is 13.2 Å². The van der Waals surface area contributed by atoms with Gasteiger partial charge in [0, 0.05) is 0 Å². The maximum absolute atomic E-state index is 11.5. The molecule has 0 aromatic rings. The molecule has 0 rings (SSSR count). The van der Waals surface area contributed by atoms with Crippen LogP contribution in [0.3, 0.4) is 0 Å². The van der Waals surface area contributed by atoms with Crippen molar-refractivity contribution >= 4 is 5.97 Å². The normalized spacial score (nSPS) is 11.9. The second-order valence-electron chi connectivity index (χ2n) is 3.08. The van der Waals surface area contributed by atoms with E-state index in [2.05, 4.69) is 4.74 Å². The summed E-state index contributed by atoms with van der Waals surface area (Å²) in [5.41, 5.74) is -1.47. The predicted molar refractivity (Wildman–Crippen MR) is 53.0 cm³/mol. The van der Waals surface area contributed by atoms with Crippen molar-refractivity contribution in [3.05, 3.63) is 0 Å². The molecule has 0 aromatic carbocycles. The van der Waals surface area contributed by atoms with Crippen LogP contribution in [0, 0.1) is 0 Å². The lowest BCUT2D eigenvalue weighted by molar-refractivity contribution is -0.173. The molecule has 0 radical (unpaired) electrons. The third-order valence-corrected chi connectivity index (χ3v) is 2.47. The fraction of sp³-hybridized carbons (Fsp3) is 0.889. The molecule has 0 aliphatic rings. The average molecular weight is 221 g/mol. The molecule has 0 saturated heterocycles. The van der Waals surface area contributed by atoms with Crippen molar-refractivity contribution in [1.82, 2.24) is 4.90 Å². The van der Waals surface area contributed by atoms with Crippen molar-refractivity contribution in [2.45, 2.75) is 19.4 Å². The lowest BCUT2D eigenvalue weighted by Crippen LogP contribution is -2.60. The van der Waals surface area contributed by atoms with Gasteiger partial charge in [-0.1, -0.05) is 13.8 Å². The highest BCUT2D eigenvalue weighted by molar-refractivity contribution is 5.81. The van der Waals surface area contributed by atoms with Gasteiger partial charge in [-0.3, -0.25) is 4.90 Å². The third kappa shape index (κ3) is 2.88. The van der Waals surface area contributed by atoms with Crippen LogP contribution in [0.15, 0.2) is 0 Å².